The van der Waals surface area contributed by atoms with Crippen LogP contribution < -0.4 is 15.1 Å². The fraction of sp³-hybridized carbons (Fsp3) is 0.333. The highest BCUT2D eigenvalue weighted by Crippen LogP contribution is 2.34. The number of anilines is 3. The van der Waals surface area contributed by atoms with Gasteiger partial charge in [-0.3, -0.25) is 15.0 Å². The summed E-state index contributed by atoms with van der Waals surface area (Å²) in [5.74, 6) is -1.16. The van der Waals surface area contributed by atoms with E-state index < -0.39 is 29.4 Å². The molecule has 5 rings (SSSR count). The molecule has 0 radical (unpaired) electrons. The first-order chi connectivity index (χ1) is 16.8. The van der Waals surface area contributed by atoms with Gasteiger partial charge in [-0.15, -0.1) is 10.2 Å². The Morgan fingerprint density at radius 1 is 1.20 bits per heavy atom. The molecule has 0 saturated carbocycles. The highest BCUT2D eigenvalue weighted by Gasteiger charge is 2.40. The van der Waals surface area contributed by atoms with E-state index in [0.29, 0.717) is 25.9 Å². The number of ether oxygens (including phenoxy) is 1. The number of halogens is 3. The first-order valence-electron chi connectivity index (χ1n) is 10.6. The Bertz CT molecular complexity index is 1250. The molecule has 3 aromatic rings. The van der Waals surface area contributed by atoms with Crippen LogP contribution in [0.15, 0.2) is 36.0 Å². The lowest BCUT2D eigenvalue weighted by Crippen LogP contribution is -2.49. The molecule has 2 aliphatic rings. The van der Waals surface area contributed by atoms with Gasteiger partial charge in [0, 0.05) is 30.9 Å². The molecule has 4 heterocycles. The van der Waals surface area contributed by atoms with Crippen LogP contribution in [0, 0.1) is 0 Å². The zero-order chi connectivity index (χ0) is 24.6. The van der Waals surface area contributed by atoms with Gasteiger partial charge in [-0.05, 0) is 18.9 Å². The lowest BCUT2D eigenvalue weighted by Gasteiger charge is -2.40. The second kappa shape index (κ2) is 9.09. The van der Waals surface area contributed by atoms with E-state index in [-0.39, 0.29) is 23.7 Å². The molecular weight excluding hydrogens is 487 g/mol. The molecule has 1 saturated heterocycles. The van der Waals surface area contributed by atoms with Gasteiger partial charge >= 0.3 is 12.3 Å². The van der Waals surface area contributed by atoms with Gasteiger partial charge in [-0.25, -0.2) is 14.8 Å². The third-order valence-electron chi connectivity index (χ3n) is 5.78. The molecule has 14 heteroatoms. The quantitative estimate of drug-likeness (QED) is 0.571. The van der Waals surface area contributed by atoms with E-state index in [4.69, 9.17) is 4.74 Å². The number of amides is 2. The van der Waals surface area contributed by atoms with Crippen molar-refractivity contribution in [3.05, 3.63) is 52.8 Å². The van der Waals surface area contributed by atoms with Crippen LogP contribution in [0.3, 0.4) is 0 Å². The first kappa shape index (κ1) is 23.0. The fourth-order valence-corrected chi connectivity index (χ4v) is 4.58. The van der Waals surface area contributed by atoms with Crippen LogP contribution in [0.4, 0.5) is 34.7 Å². The molecular formula is C21H18F3N7O3S. The van der Waals surface area contributed by atoms with Crippen molar-refractivity contribution in [2.75, 3.05) is 28.2 Å². The summed E-state index contributed by atoms with van der Waals surface area (Å²) >= 11 is 0.972. The van der Waals surface area contributed by atoms with Gasteiger partial charge in [0.1, 0.15) is 12.1 Å². The highest BCUT2D eigenvalue weighted by molar-refractivity contribution is 7.13. The monoisotopic (exact) mass is 505 g/mol. The predicted molar refractivity (Wildman–Crippen MR) is 119 cm³/mol. The zero-order valence-electron chi connectivity index (χ0n) is 18.0. The number of piperidine rings is 1. The van der Waals surface area contributed by atoms with Gasteiger partial charge in [0.05, 0.1) is 11.3 Å². The van der Waals surface area contributed by atoms with E-state index in [0.717, 1.165) is 28.8 Å². The van der Waals surface area contributed by atoms with Crippen LogP contribution in [0.2, 0.25) is 0 Å². The Labute approximate surface area is 200 Å². The second-order valence-corrected chi connectivity index (χ2v) is 8.73. The van der Waals surface area contributed by atoms with Gasteiger partial charge in [-0.2, -0.15) is 13.2 Å². The minimum absolute atomic E-state index is 0.0621. The van der Waals surface area contributed by atoms with Crippen LogP contribution in [-0.4, -0.2) is 51.3 Å². The molecule has 10 nitrogen and oxygen atoms in total. The number of hydrogen-bond acceptors (Lipinski definition) is 9. The molecule has 2 amide bonds. The van der Waals surface area contributed by atoms with E-state index >= 15 is 0 Å². The molecule has 0 aliphatic carbocycles. The van der Waals surface area contributed by atoms with Crippen LogP contribution in [0.1, 0.15) is 34.5 Å². The molecule has 35 heavy (non-hydrogen) atoms. The Hall–Kier alpha value is -3.81. The molecule has 182 valence electrons. The average molecular weight is 505 g/mol. The van der Waals surface area contributed by atoms with Crippen LogP contribution in [0.5, 0.6) is 0 Å². The summed E-state index contributed by atoms with van der Waals surface area (Å²) in [4.78, 5) is 35.8. The summed E-state index contributed by atoms with van der Waals surface area (Å²) < 4.78 is 46.5. The number of alkyl halides is 3. The summed E-state index contributed by atoms with van der Waals surface area (Å²) in [7, 11) is 0. The summed E-state index contributed by atoms with van der Waals surface area (Å²) in [6.45, 7) is 0.853. The van der Waals surface area contributed by atoms with Gasteiger partial charge in [0.15, 0.2) is 5.69 Å². The van der Waals surface area contributed by atoms with Gasteiger partial charge < -0.3 is 9.64 Å². The van der Waals surface area contributed by atoms with E-state index in [9.17, 15) is 22.8 Å². The Morgan fingerprint density at radius 2 is 1.97 bits per heavy atom. The summed E-state index contributed by atoms with van der Waals surface area (Å²) in [6, 6.07) is 7.27. The third-order valence-corrected chi connectivity index (χ3v) is 6.39. The predicted octanol–water partition coefficient (Wildman–Crippen LogP) is 3.72. The number of rotatable bonds is 4. The van der Waals surface area contributed by atoms with Gasteiger partial charge in [-0.1, -0.05) is 29.5 Å². The Balaban J connectivity index is 1.33. The maximum Gasteiger partial charge on any atom is 0.434 e. The SMILES string of the molecule is O=C(Nc1nncs1)c1cnc(N2CCC(N3C(=O)OCc4ccccc43)CC2)nc1C(F)(F)F. The number of aromatic nitrogens is 4. The number of hydrogen-bond donors (Lipinski definition) is 1. The largest absolute Gasteiger partial charge is 0.444 e. The zero-order valence-corrected chi connectivity index (χ0v) is 18.8. The molecule has 1 fully saturated rings. The third kappa shape index (κ3) is 4.60. The fourth-order valence-electron chi connectivity index (χ4n) is 4.14. The molecule has 1 aromatic carbocycles. The molecule has 0 spiro atoms. The number of benzene rings is 1. The topological polar surface area (TPSA) is 113 Å². The normalized spacial score (nSPS) is 16.6. The van der Waals surface area contributed by atoms with Crippen LogP contribution in [0.25, 0.3) is 0 Å². The molecule has 0 unspecified atom stereocenters. The van der Waals surface area contributed by atoms with Crippen molar-refractivity contribution in [1.29, 1.82) is 0 Å². The lowest BCUT2D eigenvalue weighted by atomic mass is 10.0. The highest BCUT2D eigenvalue weighted by atomic mass is 32.1. The van der Waals surface area contributed by atoms with E-state index in [1.807, 2.05) is 24.3 Å². The number of fused-ring (bicyclic) bond motifs is 1. The summed E-state index contributed by atoms with van der Waals surface area (Å²) in [5.41, 5.74) is 0.976. The molecule has 0 atom stereocenters. The average Bonchev–Trinajstić information content (AvgIpc) is 3.36. The Kier molecular flexibility index (Phi) is 5.96. The van der Waals surface area contributed by atoms with E-state index in [1.165, 1.54) is 5.51 Å². The maximum absolute atomic E-state index is 13.8. The smallest absolute Gasteiger partial charge is 0.434 e. The van der Waals surface area contributed by atoms with Crippen molar-refractivity contribution in [3.8, 4) is 0 Å². The van der Waals surface area contributed by atoms with Crippen LogP contribution in [-0.2, 0) is 17.5 Å². The summed E-state index contributed by atoms with van der Waals surface area (Å²) in [6.07, 6.45) is -3.48. The standard InChI is InChI=1S/C21H18F3N7O3S/c22-21(23,24)16-14(17(32)28-19-29-26-11-35-19)9-25-18(27-16)30-7-5-13(6-8-30)31-15-4-2-1-3-12(15)10-34-20(31)33/h1-4,9,11,13H,5-8,10H2,(H,28,29,32). The van der Waals surface area contributed by atoms with E-state index in [1.54, 1.807) is 9.80 Å². The van der Waals surface area contributed by atoms with Gasteiger partial charge in [0.25, 0.3) is 5.91 Å². The lowest BCUT2D eigenvalue weighted by molar-refractivity contribution is -0.141. The van der Waals surface area contributed by atoms with Crippen molar-refractivity contribution in [2.45, 2.75) is 31.7 Å². The number of carbonyl (C=O) groups is 2. The van der Waals surface area contributed by atoms with Crippen molar-refractivity contribution in [2.24, 2.45) is 0 Å². The van der Waals surface area contributed by atoms with Crippen molar-refractivity contribution < 1.29 is 27.5 Å². The molecule has 1 N–H and O–H groups in total. The van der Waals surface area contributed by atoms with E-state index in [2.05, 4.69) is 25.5 Å². The second-order valence-electron chi connectivity index (χ2n) is 7.90. The number of para-hydroxylation sites is 1. The molecule has 0 bridgehead atoms. The molecule has 2 aromatic heterocycles. The Morgan fingerprint density at radius 3 is 2.69 bits per heavy atom. The first-order valence-corrected chi connectivity index (χ1v) is 11.5. The van der Waals surface area contributed by atoms with Crippen molar-refractivity contribution in [3.63, 3.8) is 0 Å². The number of cyclic esters (lactones) is 1. The minimum atomic E-state index is -4.87. The molecule has 2 aliphatic heterocycles. The van der Waals surface area contributed by atoms with Crippen molar-refractivity contribution >= 4 is 40.1 Å². The maximum atomic E-state index is 13.8. The number of nitrogens with one attached hydrogen (secondary N) is 1. The minimum Gasteiger partial charge on any atom is -0.444 e. The van der Waals surface area contributed by atoms with Crippen LogP contribution >= 0.6 is 11.3 Å². The van der Waals surface area contributed by atoms with Gasteiger partial charge in [0.2, 0.25) is 11.1 Å². The number of nitrogens with zero attached hydrogens (tertiary/aromatic N) is 6. The van der Waals surface area contributed by atoms with Crippen molar-refractivity contribution in [1.82, 2.24) is 20.2 Å². The number of carbonyl (C=O) groups excluding carboxylic acids is 2. The summed E-state index contributed by atoms with van der Waals surface area (Å²) in [5, 5.41) is 9.46.